The summed E-state index contributed by atoms with van der Waals surface area (Å²) in [4.78, 5) is 0. The monoisotopic (exact) mass is 260 g/mol. The molecule has 0 aliphatic rings. The molecule has 104 valence electrons. The average molecular weight is 260 g/mol. The van der Waals surface area contributed by atoms with E-state index >= 15 is 0 Å². The fourth-order valence-electron chi connectivity index (χ4n) is 1.81. The molecule has 2 atom stereocenters. The quantitative estimate of drug-likeness (QED) is 0.762. The van der Waals surface area contributed by atoms with Crippen molar-refractivity contribution >= 4 is 0 Å². The van der Waals surface area contributed by atoms with E-state index in [1.807, 2.05) is 12.1 Å². The van der Waals surface area contributed by atoms with E-state index in [1.54, 1.807) is 6.92 Å². The second-order valence-electron chi connectivity index (χ2n) is 5.36. The zero-order chi connectivity index (χ0) is 14.3. The Balaban J connectivity index is 2.37. The highest BCUT2D eigenvalue weighted by atomic mass is 16.5. The predicted octanol–water partition coefficient (Wildman–Crippen LogP) is 3.60. The molecule has 0 aromatic heterocycles. The summed E-state index contributed by atoms with van der Waals surface area (Å²) in [6.45, 7) is 6.75. The van der Waals surface area contributed by atoms with Crippen molar-refractivity contribution in [1.82, 2.24) is 0 Å². The topological polar surface area (TPSA) is 59.0 Å². The Morgan fingerprint density at radius 3 is 2.53 bits per heavy atom. The van der Waals surface area contributed by atoms with Gasteiger partial charge in [-0.3, -0.25) is 0 Å². The van der Waals surface area contributed by atoms with E-state index < -0.39 is 5.54 Å². The fraction of sp³-hybridized carbons (Fsp3) is 0.562. The molecule has 3 heteroatoms. The van der Waals surface area contributed by atoms with Gasteiger partial charge in [-0.2, -0.15) is 5.26 Å². The van der Waals surface area contributed by atoms with Crippen molar-refractivity contribution < 1.29 is 4.74 Å². The van der Waals surface area contributed by atoms with Crippen LogP contribution < -0.4 is 10.5 Å². The third kappa shape index (κ3) is 5.32. The van der Waals surface area contributed by atoms with Crippen LogP contribution in [0.4, 0.5) is 0 Å². The molecule has 1 aromatic rings. The van der Waals surface area contributed by atoms with Crippen molar-refractivity contribution in [1.29, 1.82) is 5.26 Å². The molecular weight excluding hydrogens is 236 g/mol. The van der Waals surface area contributed by atoms with E-state index in [-0.39, 0.29) is 0 Å². The first kappa shape index (κ1) is 15.5. The highest BCUT2D eigenvalue weighted by molar-refractivity contribution is 5.29. The molecule has 19 heavy (non-hydrogen) atoms. The second kappa shape index (κ2) is 7.16. The molecule has 0 bridgehead atoms. The summed E-state index contributed by atoms with van der Waals surface area (Å²) in [6, 6.07) is 10.3. The Bertz CT molecular complexity index is 417. The first-order chi connectivity index (χ1) is 8.98. The van der Waals surface area contributed by atoms with Crippen LogP contribution in [0.2, 0.25) is 0 Å². The van der Waals surface area contributed by atoms with Crippen molar-refractivity contribution in [2.45, 2.75) is 51.5 Å². The molecule has 0 aliphatic heterocycles. The first-order valence-electron chi connectivity index (χ1n) is 6.91. The molecule has 0 heterocycles. The van der Waals surface area contributed by atoms with E-state index in [2.05, 4.69) is 32.0 Å². The number of nitrogens with two attached hydrogens (primary N) is 1. The van der Waals surface area contributed by atoms with Gasteiger partial charge < -0.3 is 10.5 Å². The van der Waals surface area contributed by atoms with Crippen LogP contribution in [0.15, 0.2) is 24.3 Å². The lowest BCUT2D eigenvalue weighted by atomic mass is 9.99. The number of hydrogen-bond acceptors (Lipinski definition) is 3. The molecule has 3 nitrogen and oxygen atoms in total. The number of nitrogens with zero attached hydrogens (tertiary/aromatic N) is 1. The Kier molecular flexibility index (Phi) is 5.85. The van der Waals surface area contributed by atoms with Gasteiger partial charge in [-0.05, 0) is 49.8 Å². The fourth-order valence-corrected chi connectivity index (χ4v) is 1.81. The van der Waals surface area contributed by atoms with Gasteiger partial charge in [0.15, 0.2) is 0 Å². The van der Waals surface area contributed by atoms with Crippen LogP contribution in [0.3, 0.4) is 0 Å². The Morgan fingerprint density at radius 2 is 2.00 bits per heavy atom. The van der Waals surface area contributed by atoms with Crippen LogP contribution in [0.25, 0.3) is 0 Å². The lowest BCUT2D eigenvalue weighted by Crippen LogP contribution is -2.34. The third-order valence-electron chi connectivity index (χ3n) is 3.43. The van der Waals surface area contributed by atoms with Crippen molar-refractivity contribution in [3.63, 3.8) is 0 Å². The number of ether oxygens (including phenoxy) is 1. The smallest absolute Gasteiger partial charge is 0.119 e. The average Bonchev–Trinajstić information content (AvgIpc) is 2.43. The van der Waals surface area contributed by atoms with Gasteiger partial charge in [0.05, 0.1) is 12.7 Å². The molecule has 2 unspecified atom stereocenters. The molecular formula is C16H24N2O. The first-order valence-corrected chi connectivity index (χ1v) is 6.91. The van der Waals surface area contributed by atoms with E-state index in [0.717, 1.165) is 18.6 Å². The molecule has 0 spiro atoms. The molecule has 0 radical (unpaired) electrons. The maximum Gasteiger partial charge on any atom is 0.119 e. The van der Waals surface area contributed by atoms with Crippen LogP contribution >= 0.6 is 0 Å². The van der Waals surface area contributed by atoms with Crippen molar-refractivity contribution in [3.05, 3.63) is 29.8 Å². The molecule has 0 saturated carbocycles. The molecule has 0 amide bonds. The Morgan fingerprint density at radius 1 is 1.37 bits per heavy atom. The van der Waals surface area contributed by atoms with Gasteiger partial charge in [0.1, 0.15) is 11.3 Å². The van der Waals surface area contributed by atoms with Crippen LogP contribution in [0, 0.1) is 11.3 Å². The summed E-state index contributed by atoms with van der Waals surface area (Å²) in [5.74, 6) is 1.46. The van der Waals surface area contributed by atoms with Gasteiger partial charge in [-0.1, -0.05) is 26.0 Å². The van der Waals surface area contributed by atoms with Gasteiger partial charge in [0.2, 0.25) is 0 Å². The van der Waals surface area contributed by atoms with Gasteiger partial charge in [-0.25, -0.2) is 0 Å². The maximum atomic E-state index is 8.80. The molecule has 0 saturated heterocycles. The summed E-state index contributed by atoms with van der Waals surface area (Å²) < 4.78 is 5.65. The summed E-state index contributed by atoms with van der Waals surface area (Å²) in [7, 11) is 0. The van der Waals surface area contributed by atoms with E-state index in [4.69, 9.17) is 15.7 Å². The van der Waals surface area contributed by atoms with E-state index in [9.17, 15) is 0 Å². The van der Waals surface area contributed by atoms with Gasteiger partial charge in [0.25, 0.3) is 0 Å². The normalized spacial score (nSPS) is 15.3. The van der Waals surface area contributed by atoms with Gasteiger partial charge in [-0.15, -0.1) is 0 Å². The number of hydrogen-bond donors (Lipinski definition) is 1. The van der Waals surface area contributed by atoms with Crippen LogP contribution in [0.1, 0.15) is 51.5 Å². The maximum absolute atomic E-state index is 8.80. The zero-order valence-corrected chi connectivity index (χ0v) is 12.1. The Hall–Kier alpha value is -1.53. The van der Waals surface area contributed by atoms with Gasteiger partial charge in [0, 0.05) is 0 Å². The highest BCUT2D eigenvalue weighted by Crippen LogP contribution is 2.21. The minimum atomic E-state index is -0.746. The van der Waals surface area contributed by atoms with Crippen molar-refractivity contribution in [2.75, 3.05) is 6.61 Å². The summed E-state index contributed by atoms with van der Waals surface area (Å²) in [5, 5.41) is 8.80. The molecule has 2 N–H and O–H groups in total. The highest BCUT2D eigenvalue weighted by Gasteiger charge is 2.16. The molecule has 0 fully saturated rings. The van der Waals surface area contributed by atoms with Crippen LogP contribution in [-0.2, 0) is 0 Å². The standard InChI is InChI=1S/C16H24N2O/c1-4-13(2)14-6-8-15(9-7-14)19-11-5-10-16(3,18)12-17/h6-9,13H,4-5,10-11,18H2,1-3H3. The number of nitriles is 1. The van der Waals surface area contributed by atoms with Crippen molar-refractivity contribution in [2.24, 2.45) is 5.73 Å². The van der Waals surface area contributed by atoms with Gasteiger partial charge >= 0.3 is 0 Å². The van der Waals surface area contributed by atoms with E-state index in [1.165, 1.54) is 5.56 Å². The summed E-state index contributed by atoms with van der Waals surface area (Å²) >= 11 is 0. The van der Waals surface area contributed by atoms with Crippen LogP contribution in [-0.4, -0.2) is 12.1 Å². The minimum Gasteiger partial charge on any atom is -0.494 e. The predicted molar refractivity (Wildman–Crippen MR) is 78.1 cm³/mol. The summed E-state index contributed by atoms with van der Waals surface area (Å²) in [5.41, 5.74) is 6.34. The van der Waals surface area contributed by atoms with E-state index in [0.29, 0.717) is 18.9 Å². The lowest BCUT2D eigenvalue weighted by molar-refractivity contribution is 0.296. The SMILES string of the molecule is CCC(C)c1ccc(OCCCC(C)(N)C#N)cc1. The minimum absolute atomic E-state index is 0.586. The number of rotatable bonds is 7. The zero-order valence-electron chi connectivity index (χ0n) is 12.1. The summed E-state index contributed by atoms with van der Waals surface area (Å²) in [6.07, 6.45) is 2.57. The van der Waals surface area contributed by atoms with Crippen LogP contribution in [0.5, 0.6) is 5.75 Å². The number of benzene rings is 1. The second-order valence-corrected chi connectivity index (χ2v) is 5.36. The Labute approximate surface area is 116 Å². The molecule has 1 rings (SSSR count). The largest absolute Gasteiger partial charge is 0.494 e. The van der Waals surface area contributed by atoms with Crippen molar-refractivity contribution in [3.8, 4) is 11.8 Å². The molecule has 1 aromatic carbocycles. The lowest BCUT2D eigenvalue weighted by Gasteiger charge is -2.15. The molecule has 0 aliphatic carbocycles. The third-order valence-corrected chi connectivity index (χ3v) is 3.43.